The van der Waals surface area contributed by atoms with Crippen molar-refractivity contribution in [1.29, 1.82) is 0 Å². The molecular weight excluding hydrogens is 535 g/mol. The SMILES string of the molecule is Cc1c2c(c(CC(C)(C)C)c3c(C)cccc13)Sc1cc3c4cc(CC(C)(C)C)ccc4sc3c3cc[n+](C)c-2c13. The Bertz CT molecular complexity index is 2060. The molecule has 0 spiro atoms. The van der Waals surface area contributed by atoms with Crippen LogP contribution in [0.1, 0.15) is 63.8 Å². The van der Waals surface area contributed by atoms with E-state index in [0.29, 0.717) is 0 Å². The molecule has 0 amide bonds. The zero-order chi connectivity index (χ0) is 29.0. The van der Waals surface area contributed by atoms with E-state index in [1.807, 2.05) is 23.1 Å². The summed E-state index contributed by atoms with van der Waals surface area (Å²) in [5, 5.41) is 8.48. The van der Waals surface area contributed by atoms with Crippen molar-refractivity contribution in [3.8, 4) is 11.3 Å². The third-order valence-electron chi connectivity index (χ3n) is 8.63. The van der Waals surface area contributed by atoms with Crippen molar-refractivity contribution in [1.82, 2.24) is 0 Å². The Morgan fingerprint density at radius 1 is 0.756 bits per heavy atom. The van der Waals surface area contributed by atoms with E-state index in [1.54, 1.807) is 0 Å². The van der Waals surface area contributed by atoms with Gasteiger partial charge < -0.3 is 0 Å². The van der Waals surface area contributed by atoms with Crippen molar-refractivity contribution in [2.75, 3.05) is 0 Å². The fourth-order valence-corrected chi connectivity index (χ4v) is 9.61. The summed E-state index contributed by atoms with van der Waals surface area (Å²) in [5.41, 5.74) is 8.99. The largest absolute Gasteiger partial charge is 0.222 e. The van der Waals surface area contributed by atoms with Crippen molar-refractivity contribution >= 4 is 64.8 Å². The molecule has 41 heavy (non-hydrogen) atoms. The third kappa shape index (κ3) is 4.31. The first-order valence-electron chi connectivity index (χ1n) is 14.8. The fourth-order valence-electron chi connectivity index (χ4n) is 7.06. The fraction of sp³-hybridized carbons (Fsp3) is 0.342. The Morgan fingerprint density at radius 3 is 2.24 bits per heavy atom. The first-order valence-corrected chi connectivity index (χ1v) is 16.5. The Kier molecular flexibility index (Phi) is 5.96. The second-order valence-electron chi connectivity index (χ2n) is 14.6. The van der Waals surface area contributed by atoms with Crippen molar-refractivity contribution < 1.29 is 4.57 Å². The topological polar surface area (TPSA) is 3.88 Å². The molecule has 1 aliphatic heterocycles. The van der Waals surface area contributed by atoms with Crippen LogP contribution in [0.4, 0.5) is 0 Å². The lowest BCUT2D eigenvalue weighted by molar-refractivity contribution is -0.659. The van der Waals surface area contributed by atoms with Gasteiger partial charge in [0.25, 0.3) is 0 Å². The number of benzene rings is 4. The second kappa shape index (κ2) is 9.06. The van der Waals surface area contributed by atoms with E-state index in [-0.39, 0.29) is 10.8 Å². The summed E-state index contributed by atoms with van der Waals surface area (Å²) in [6.45, 7) is 18.8. The van der Waals surface area contributed by atoms with E-state index < -0.39 is 0 Å². The zero-order valence-electron chi connectivity index (χ0n) is 25.9. The molecule has 0 saturated heterocycles. The molecule has 4 aromatic carbocycles. The molecule has 0 atom stereocenters. The minimum absolute atomic E-state index is 0.185. The highest BCUT2D eigenvalue weighted by molar-refractivity contribution is 8.00. The second-order valence-corrected chi connectivity index (χ2v) is 16.7. The first kappa shape index (κ1) is 27.0. The molecule has 2 aromatic heterocycles. The molecule has 1 nitrogen and oxygen atoms in total. The average Bonchev–Trinajstić information content (AvgIpc) is 3.24. The number of aryl methyl sites for hydroxylation is 3. The molecule has 3 heteroatoms. The number of thiophene rings is 1. The Hall–Kier alpha value is -2.88. The van der Waals surface area contributed by atoms with Crippen LogP contribution in [-0.2, 0) is 19.9 Å². The molecule has 0 N–H and O–H groups in total. The summed E-state index contributed by atoms with van der Waals surface area (Å²) < 4.78 is 5.18. The van der Waals surface area contributed by atoms with Crippen LogP contribution in [0.15, 0.2) is 64.5 Å². The van der Waals surface area contributed by atoms with Gasteiger partial charge in [0.15, 0.2) is 6.20 Å². The van der Waals surface area contributed by atoms with Crippen molar-refractivity contribution in [3.05, 3.63) is 77.0 Å². The van der Waals surface area contributed by atoms with Gasteiger partial charge in [-0.2, -0.15) is 0 Å². The van der Waals surface area contributed by atoms with Gasteiger partial charge in [-0.15, -0.1) is 11.3 Å². The summed E-state index contributed by atoms with van der Waals surface area (Å²) in [6.07, 6.45) is 4.43. The third-order valence-corrected chi connectivity index (χ3v) is 11.0. The van der Waals surface area contributed by atoms with E-state index in [2.05, 4.69) is 122 Å². The number of hydrogen-bond acceptors (Lipinski definition) is 2. The van der Waals surface area contributed by atoms with Crippen molar-refractivity contribution in [2.45, 2.75) is 78.0 Å². The van der Waals surface area contributed by atoms with Gasteiger partial charge >= 0.3 is 0 Å². The summed E-state index contributed by atoms with van der Waals surface area (Å²) in [7, 11) is 2.23. The van der Waals surface area contributed by atoms with Gasteiger partial charge in [-0.1, -0.05) is 77.6 Å². The lowest BCUT2D eigenvalue weighted by Crippen LogP contribution is -2.32. The maximum absolute atomic E-state index is 2.52. The lowest BCUT2D eigenvalue weighted by Gasteiger charge is -2.28. The Balaban J connectivity index is 1.60. The summed E-state index contributed by atoms with van der Waals surface area (Å²) in [6, 6.07) is 18.9. The van der Waals surface area contributed by atoms with E-state index >= 15 is 0 Å². The molecule has 208 valence electrons. The van der Waals surface area contributed by atoms with E-state index in [1.165, 1.54) is 85.0 Å². The number of nitrogens with zero attached hydrogens (tertiary/aromatic N) is 1. The van der Waals surface area contributed by atoms with Crippen LogP contribution in [0.5, 0.6) is 0 Å². The minimum Gasteiger partial charge on any atom is -0.200 e. The van der Waals surface area contributed by atoms with Gasteiger partial charge in [0.1, 0.15) is 7.05 Å². The van der Waals surface area contributed by atoms with Crippen LogP contribution in [0, 0.1) is 24.7 Å². The normalized spacial score (nSPS) is 13.6. The number of pyridine rings is 1. The van der Waals surface area contributed by atoms with E-state index in [0.717, 1.165) is 12.8 Å². The number of fused-ring (bicyclic) bond motifs is 7. The molecule has 3 heterocycles. The Labute approximate surface area is 252 Å². The molecule has 1 aliphatic rings. The highest BCUT2D eigenvalue weighted by Crippen LogP contribution is 2.55. The minimum atomic E-state index is 0.185. The van der Waals surface area contributed by atoms with Gasteiger partial charge in [-0.3, -0.25) is 0 Å². The maximum Gasteiger partial charge on any atom is 0.222 e. The molecule has 6 aromatic rings. The van der Waals surface area contributed by atoms with Gasteiger partial charge in [-0.05, 0) is 88.7 Å². The van der Waals surface area contributed by atoms with Crippen LogP contribution in [-0.4, -0.2) is 0 Å². The molecule has 0 bridgehead atoms. The van der Waals surface area contributed by atoms with E-state index in [9.17, 15) is 0 Å². The molecule has 0 saturated carbocycles. The predicted octanol–water partition coefficient (Wildman–Crippen LogP) is 11.1. The number of rotatable bonds is 2. The zero-order valence-corrected chi connectivity index (χ0v) is 27.5. The van der Waals surface area contributed by atoms with Crippen LogP contribution >= 0.6 is 23.1 Å². The molecule has 7 rings (SSSR count). The highest BCUT2D eigenvalue weighted by atomic mass is 32.2. The van der Waals surface area contributed by atoms with E-state index in [4.69, 9.17) is 0 Å². The maximum atomic E-state index is 2.52. The number of aromatic nitrogens is 1. The van der Waals surface area contributed by atoms with Crippen LogP contribution in [0.2, 0.25) is 0 Å². The quantitative estimate of drug-likeness (QED) is 0.186. The van der Waals surface area contributed by atoms with Gasteiger partial charge in [0.2, 0.25) is 5.69 Å². The van der Waals surface area contributed by atoms with Gasteiger partial charge in [0, 0.05) is 41.4 Å². The van der Waals surface area contributed by atoms with Gasteiger partial charge in [0.05, 0.1) is 10.9 Å². The van der Waals surface area contributed by atoms with Crippen LogP contribution < -0.4 is 4.57 Å². The molecule has 0 radical (unpaired) electrons. The smallest absolute Gasteiger partial charge is 0.200 e. The van der Waals surface area contributed by atoms with Crippen molar-refractivity contribution in [3.63, 3.8) is 0 Å². The lowest BCUT2D eigenvalue weighted by atomic mass is 9.82. The number of hydrogen-bond donors (Lipinski definition) is 0. The van der Waals surface area contributed by atoms with Crippen LogP contribution in [0.25, 0.3) is 53.0 Å². The summed E-state index contributed by atoms with van der Waals surface area (Å²) >= 11 is 3.98. The summed E-state index contributed by atoms with van der Waals surface area (Å²) in [4.78, 5) is 2.86. The first-order chi connectivity index (χ1) is 19.3. The molecule has 0 unspecified atom stereocenters. The molecular formula is C38H40NS2+. The Morgan fingerprint density at radius 2 is 1.51 bits per heavy atom. The van der Waals surface area contributed by atoms with Crippen molar-refractivity contribution in [2.24, 2.45) is 17.9 Å². The molecule has 0 fully saturated rings. The predicted molar refractivity (Wildman–Crippen MR) is 181 cm³/mol. The standard InChI is InChI=1S/C38H40NS2/c1-21-11-10-12-24-22(2)32-34-33-25(15-16-39(34)9)35-27(26-17-23(19-37(3,4)5)13-14-29(26)40-35)18-30(33)41-36(32)28(31(21)24)20-38(6,7)8/h10-18H,19-20H2,1-9H3/q+1. The van der Waals surface area contributed by atoms with Gasteiger partial charge in [-0.25, -0.2) is 4.57 Å². The highest BCUT2D eigenvalue weighted by Gasteiger charge is 2.34. The average molecular weight is 575 g/mol. The summed E-state index contributed by atoms with van der Waals surface area (Å²) in [5.74, 6) is 0. The molecule has 0 aliphatic carbocycles. The van der Waals surface area contributed by atoms with Crippen LogP contribution in [0.3, 0.4) is 0 Å². The monoisotopic (exact) mass is 574 g/mol.